The largest absolute Gasteiger partial charge is 0.385 e. The van der Waals surface area contributed by atoms with Gasteiger partial charge in [0.2, 0.25) is 0 Å². The Balaban J connectivity index is 2.03. The van der Waals surface area contributed by atoms with Gasteiger partial charge >= 0.3 is 0 Å². The molecular formula is C18H28N2O. The minimum Gasteiger partial charge on any atom is -0.385 e. The Hall–Kier alpha value is -1.51. The van der Waals surface area contributed by atoms with E-state index in [4.69, 9.17) is 0 Å². The molecule has 0 heterocycles. The summed E-state index contributed by atoms with van der Waals surface area (Å²) < 4.78 is 0. The molecule has 3 heteroatoms. The minimum absolute atomic E-state index is 0.0713. The van der Waals surface area contributed by atoms with Gasteiger partial charge in [0.15, 0.2) is 0 Å². The number of benzene rings is 1. The average Bonchev–Trinajstić information content (AvgIpc) is 2.42. The molecule has 0 saturated heterocycles. The molecule has 1 aliphatic carbocycles. The molecule has 21 heavy (non-hydrogen) atoms. The zero-order valence-corrected chi connectivity index (χ0v) is 13.7. The molecule has 1 aromatic rings. The first-order valence-electron chi connectivity index (χ1n) is 8.16. The fraction of sp³-hybridized carbons (Fsp3) is 0.611. The molecule has 3 unspecified atom stereocenters. The van der Waals surface area contributed by atoms with Gasteiger partial charge in [0.05, 0.1) is 0 Å². The summed E-state index contributed by atoms with van der Waals surface area (Å²) in [6.07, 6.45) is 3.53. The standard InChI is InChI=1S/C18H28N2O/c1-5-19-15-7-8-16(13(3)11-15)18(21)20-17-9-6-12(2)10-14(17)4/h7-8,11-12,14,17,19H,5-6,9-10H2,1-4H3,(H,20,21). The zero-order chi connectivity index (χ0) is 15.4. The maximum atomic E-state index is 12.5. The van der Waals surface area contributed by atoms with Crippen molar-refractivity contribution >= 4 is 11.6 Å². The number of carbonyl (C=O) groups is 1. The molecule has 1 amide bonds. The Morgan fingerprint density at radius 2 is 2.05 bits per heavy atom. The molecule has 1 saturated carbocycles. The van der Waals surface area contributed by atoms with E-state index in [2.05, 4.69) is 31.4 Å². The van der Waals surface area contributed by atoms with Crippen molar-refractivity contribution in [2.45, 2.75) is 53.0 Å². The molecule has 116 valence electrons. The van der Waals surface area contributed by atoms with E-state index in [1.165, 1.54) is 12.8 Å². The molecule has 0 aromatic heterocycles. The van der Waals surface area contributed by atoms with E-state index in [1.54, 1.807) is 0 Å². The average molecular weight is 288 g/mol. The van der Waals surface area contributed by atoms with Crippen molar-refractivity contribution in [1.29, 1.82) is 0 Å². The van der Waals surface area contributed by atoms with Crippen LogP contribution in [0.3, 0.4) is 0 Å². The highest BCUT2D eigenvalue weighted by Gasteiger charge is 2.27. The fourth-order valence-electron chi connectivity index (χ4n) is 3.36. The summed E-state index contributed by atoms with van der Waals surface area (Å²) in [5.74, 6) is 1.43. The van der Waals surface area contributed by atoms with Gasteiger partial charge < -0.3 is 10.6 Å². The van der Waals surface area contributed by atoms with Crippen LogP contribution in [0, 0.1) is 18.8 Å². The van der Waals surface area contributed by atoms with Crippen molar-refractivity contribution in [3.8, 4) is 0 Å². The van der Waals surface area contributed by atoms with Crippen LogP contribution in [0.15, 0.2) is 18.2 Å². The van der Waals surface area contributed by atoms with Crippen molar-refractivity contribution in [1.82, 2.24) is 5.32 Å². The second-order valence-electron chi connectivity index (χ2n) is 6.54. The summed E-state index contributed by atoms with van der Waals surface area (Å²) in [6.45, 7) is 9.52. The molecule has 1 fully saturated rings. The van der Waals surface area contributed by atoms with Gasteiger partial charge in [-0.2, -0.15) is 0 Å². The number of hydrogen-bond acceptors (Lipinski definition) is 2. The lowest BCUT2D eigenvalue weighted by Crippen LogP contribution is -2.42. The predicted octanol–water partition coefficient (Wildman–Crippen LogP) is 3.98. The van der Waals surface area contributed by atoms with Crippen LogP contribution >= 0.6 is 0 Å². The topological polar surface area (TPSA) is 41.1 Å². The molecule has 0 radical (unpaired) electrons. The Morgan fingerprint density at radius 1 is 1.29 bits per heavy atom. The molecule has 1 aliphatic rings. The number of hydrogen-bond donors (Lipinski definition) is 2. The molecule has 0 spiro atoms. The summed E-state index contributed by atoms with van der Waals surface area (Å²) >= 11 is 0. The summed E-state index contributed by atoms with van der Waals surface area (Å²) in [4.78, 5) is 12.5. The van der Waals surface area contributed by atoms with Gasteiger partial charge in [-0.1, -0.05) is 13.8 Å². The molecular weight excluding hydrogens is 260 g/mol. The van der Waals surface area contributed by atoms with Crippen LogP contribution in [-0.2, 0) is 0 Å². The quantitative estimate of drug-likeness (QED) is 0.880. The van der Waals surface area contributed by atoms with Gasteiger partial charge in [-0.25, -0.2) is 0 Å². The Labute approximate surface area is 128 Å². The van der Waals surface area contributed by atoms with Crippen molar-refractivity contribution in [3.63, 3.8) is 0 Å². The number of anilines is 1. The Morgan fingerprint density at radius 3 is 2.67 bits per heavy atom. The van der Waals surface area contributed by atoms with E-state index in [-0.39, 0.29) is 5.91 Å². The lowest BCUT2D eigenvalue weighted by molar-refractivity contribution is 0.0899. The second kappa shape index (κ2) is 6.97. The van der Waals surface area contributed by atoms with Crippen molar-refractivity contribution < 1.29 is 4.79 Å². The van der Waals surface area contributed by atoms with Crippen LogP contribution in [0.2, 0.25) is 0 Å². The second-order valence-corrected chi connectivity index (χ2v) is 6.54. The number of carbonyl (C=O) groups excluding carboxylic acids is 1. The van der Waals surface area contributed by atoms with Gasteiger partial charge in [-0.05, 0) is 68.7 Å². The highest BCUT2D eigenvalue weighted by Crippen LogP contribution is 2.29. The number of nitrogens with one attached hydrogen (secondary N) is 2. The third kappa shape index (κ3) is 3.99. The number of rotatable bonds is 4. The predicted molar refractivity (Wildman–Crippen MR) is 88.8 cm³/mol. The van der Waals surface area contributed by atoms with Crippen LogP contribution in [-0.4, -0.2) is 18.5 Å². The van der Waals surface area contributed by atoms with Gasteiger partial charge in [-0.15, -0.1) is 0 Å². The third-order valence-electron chi connectivity index (χ3n) is 4.60. The first-order chi connectivity index (χ1) is 10.0. The van der Waals surface area contributed by atoms with E-state index in [0.717, 1.165) is 35.7 Å². The van der Waals surface area contributed by atoms with E-state index < -0.39 is 0 Å². The van der Waals surface area contributed by atoms with Crippen LogP contribution in [0.25, 0.3) is 0 Å². The van der Waals surface area contributed by atoms with Crippen molar-refractivity contribution in [2.75, 3.05) is 11.9 Å². The van der Waals surface area contributed by atoms with Gasteiger partial charge in [0.25, 0.3) is 5.91 Å². The summed E-state index contributed by atoms with van der Waals surface area (Å²) in [5.41, 5.74) is 2.90. The van der Waals surface area contributed by atoms with E-state index in [1.807, 2.05) is 25.1 Å². The van der Waals surface area contributed by atoms with Crippen molar-refractivity contribution in [3.05, 3.63) is 29.3 Å². The maximum absolute atomic E-state index is 12.5. The lowest BCUT2D eigenvalue weighted by atomic mass is 9.80. The summed E-state index contributed by atoms with van der Waals surface area (Å²) in [6, 6.07) is 6.28. The Bertz CT molecular complexity index is 498. The van der Waals surface area contributed by atoms with Crippen LogP contribution in [0.4, 0.5) is 5.69 Å². The Kier molecular flexibility index (Phi) is 5.27. The zero-order valence-electron chi connectivity index (χ0n) is 13.7. The molecule has 0 bridgehead atoms. The van der Waals surface area contributed by atoms with E-state index >= 15 is 0 Å². The van der Waals surface area contributed by atoms with Crippen LogP contribution in [0.1, 0.15) is 56.0 Å². The molecule has 2 N–H and O–H groups in total. The maximum Gasteiger partial charge on any atom is 0.251 e. The fourth-order valence-corrected chi connectivity index (χ4v) is 3.36. The molecule has 3 atom stereocenters. The molecule has 2 rings (SSSR count). The number of amides is 1. The first kappa shape index (κ1) is 15.9. The van der Waals surface area contributed by atoms with E-state index in [0.29, 0.717) is 12.0 Å². The normalized spacial score (nSPS) is 25.4. The summed E-state index contributed by atoms with van der Waals surface area (Å²) in [7, 11) is 0. The SMILES string of the molecule is CCNc1ccc(C(=O)NC2CCC(C)CC2C)c(C)c1. The first-order valence-corrected chi connectivity index (χ1v) is 8.16. The van der Waals surface area contributed by atoms with Gasteiger partial charge in [0.1, 0.15) is 0 Å². The van der Waals surface area contributed by atoms with Crippen molar-refractivity contribution in [2.24, 2.45) is 11.8 Å². The van der Waals surface area contributed by atoms with Gasteiger partial charge in [-0.3, -0.25) is 4.79 Å². The molecule has 1 aromatic carbocycles. The minimum atomic E-state index is 0.0713. The third-order valence-corrected chi connectivity index (χ3v) is 4.60. The molecule has 0 aliphatic heterocycles. The number of aryl methyl sites for hydroxylation is 1. The highest BCUT2D eigenvalue weighted by atomic mass is 16.1. The smallest absolute Gasteiger partial charge is 0.251 e. The lowest BCUT2D eigenvalue weighted by Gasteiger charge is -2.33. The monoisotopic (exact) mass is 288 g/mol. The van der Waals surface area contributed by atoms with Gasteiger partial charge in [0, 0.05) is 23.8 Å². The summed E-state index contributed by atoms with van der Waals surface area (Å²) in [5, 5.41) is 6.51. The molecule has 3 nitrogen and oxygen atoms in total. The van der Waals surface area contributed by atoms with Crippen LogP contribution < -0.4 is 10.6 Å². The van der Waals surface area contributed by atoms with E-state index in [9.17, 15) is 4.79 Å². The highest BCUT2D eigenvalue weighted by molar-refractivity contribution is 5.96. The van der Waals surface area contributed by atoms with Crippen LogP contribution in [0.5, 0.6) is 0 Å².